The highest BCUT2D eigenvalue weighted by Gasteiger charge is 2.33. The smallest absolute Gasteiger partial charge is 0.416 e. The summed E-state index contributed by atoms with van der Waals surface area (Å²) in [6.07, 6.45) is -4.41. The molecular formula is C16H15F3O2. The lowest BCUT2D eigenvalue weighted by Gasteiger charge is -2.27. The van der Waals surface area contributed by atoms with Gasteiger partial charge in [0.25, 0.3) is 0 Å². The number of alkyl halides is 3. The summed E-state index contributed by atoms with van der Waals surface area (Å²) >= 11 is 0. The second-order valence-corrected chi connectivity index (χ2v) is 5.15. The molecule has 0 bridgehead atoms. The topological polar surface area (TPSA) is 40.5 Å². The maximum atomic E-state index is 12.7. The van der Waals surface area contributed by atoms with E-state index in [-0.39, 0.29) is 5.75 Å². The van der Waals surface area contributed by atoms with E-state index in [1.54, 1.807) is 0 Å². The second kappa shape index (κ2) is 5.07. The van der Waals surface area contributed by atoms with Crippen molar-refractivity contribution in [2.45, 2.75) is 25.6 Å². The van der Waals surface area contributed by atoms with Crippen molar-refractivity contribution in [2.75, 3.05) is 0 Å². The number of halogens is 3. The third-order valence-electron chi connectivity index (χ3n) is 3.51. The molecule has 2 aromatic rings. The number of aliphatic hydroxyl groups is 1. The Morgan fingerprint density at radius 3 is 1.90 bits per heavy atom. The summed E-state index contributed by atoms with van der Waals surface area (Å²) in [6.45, 7) is 3.04. The molecular weight excluding hydrogens is 281 g/mol. The Balaban J connectivity index is 2.47. The van der Waals surface area contributed by atoms with E-state index in [2.05, 4.69) is 0 Å². The fourth-order valence-electron chi connectivity index (χ4n) is 2.33. The van der Waals surface area contributed by atoms with Crippen molar-refractivity contribution in [3.63, 3.8) is 0 Å². The van der Waals surface area contributed by atoms with Gasteiger partial charge >= 0.3 is 6.18 Å². The second-order valence-electron chi connectivity index (χ2n) is 5.15. The zero-order chi connectivity index (χ0) is 15.8. The maximum Gasteiger partial charge on any atom is 0.416 e. The van der Waals surface area contributed by atoms with Gasteiger partial charge in [0.1, 0.15) is 11.4 Å². The molecule has 2 nitrogen and oxygen atoms in total. The summed E-state index contributed by atoms with van der Waals surface area (Å²) in [7, 11) is 0. The van der Waals surface area contributed by atoms with Crippen LogP contribution >= 0.6 is 0 Å². The fourth-order valence-corrected chi connectivity index (χ4v) is 2.33. The molecule has 0 fully saturated rings. The van der Waals surface area contributed by atoms with Gasteiger partial charge < -0.3 is 10.2 Å². The van der Waals surface area contributed by atoms with Gasteiger partial charge in [-0.2, -0.15) is 13.2 Å². The third-order valence-corrected chi connectivity index (χ3v) is 3.51. The summed E-state index contributed by atoms with van der Waals surface area (Å²) in [5.74, 6) is 0.0543. The molecule has 0 saturated heterocycles. The van der Waals surface area contributed by atoms with Crippen molar-refractivity contribution < 1.29 is 23.4 Å². The van der Waals surface area contributed by atoms with E-state index >= 15 is 0 Å². The van der Waals surface area contributed by atoms with E-state index < -0.39 is 17.3 Å². The zero-order valence-corrected chi connectivity index (χ0v) is 11.6. The van der Waals surface area contributed by atoms with Crippen LogP contribution in [0.2, 0.25) is 0 Å². The molecule has 1 unspecified atom stereocenters. The molecule has 2 rings (SSSR count). The highest BCUT2D eigenvalue weighted by molar-refractivity contribution is 5.43. The van der Waals surface area contributed by atoms with E-state index in [1.165, 1.54) is 44.2 Å². The summed E-state index contributed by atoms with van der Waals surface area (Å²) in [5, 5.41) is 19.9. The molecule has 2 aromatic carbocycles. The molecule has 112 valence electrons. The van der Waals surface area contributed by atoms with Crippen molar-refractivity contribution in [3.05, 3.63) is 64.7 Å². The van der Waals surface area contributed by atoms with Crippen LogP contribution in [0.15, 0.2) is 42.5 Å². The average Bonchev–Trinajstić information content (AvgIpc) is 2.37. The lowest BCUT2D eigenvalue weighted by Crippen LogP contribution is -2.24. The summed E-state index contributed by atoms with van der Waals surface area (Å²) in [6, 6.07) is 9.16. The van der Waals surface area contributed by atoms with Gasteiger partial charge in [-0.05, 0) is 54.8 Å². The number of hydrogen-bond acceptors (Lipinski definition) is 2. The van der Waals surface area contributed by atoms with Crippen LogP contribution in [0, 0.1) is 6.92 Å². The normalized spacial score (nSPS) is 14.8. The number of aryl methyl sites for hydroxylation is 1. The van der Waals surface area contributed by atoms with Gasteiger partial charge in [-0.3, -0.25) is 0 Å². The SMILES string of the molecule is Cc1cc(C(F)(F)F)ccc1C(C)(O)c1ccc(O)cc1. The summed E-state index contributed by atoms with van der Waals surface area (Å²) in [4.78, 5) is 0. The highest BCUT2D eigenvalue weighted by atomic mass is 19.4. The Morgan fingerprint density at radius 1 is 0.905 bits per heavy atom. The average molecular weight is 296 g/mol. The molecule has 0 aliphatic heterocycles. The van der Waals surface area contributed by atoms with Crippen LogP contribution in [-0.2, 0) is 11.8 Å². The van der Waals surface area contributed by atoms with E-state index in [4.69, 9.17) is 0 Å². The van der Waals surface area contributed by atoms with Gasteiger partial charge in [-0.25, -0.2) is 0 Å². The van der Waals surface area contributed by atoms with Crippen molar-refractivity contribution in [3.8, 4) is 5.75 Å². The number of phenolic OH excluding ortho intramolecular Hbond substituents is 1. The van der Waals surface area contributed by atoms with Crippen molar-refractivity contribution in [2.24, 2.45) is 0 Å². The Morgan fingerprint density at radius 2 is 1.43 bits per heavy atom. The van der Waals surface area contributed by atoms with Crippen molar-refractivity contribution >= 4 is 0 Å². The summed E-state index contributed by atoms with van der Waals surface area (Å²) < 4.78 is 38.0. The van der Waals surface area contributed by atoms with Gasteiger partial charge in [0, 0.05) is 0 Å². The minimum atomic E-state index is -4.41. The Labute approximate surface area is 120 Å². The van der Waals surface area contributed by atoms with Crippen molar-refractivity contribution in [1.29, 1.82) is 0 Å². The minimum Gasteiger partial charge on any atom is -0.508 e. The Bertz CT molecular complexity index is 644. The predicted molar refractivity (Wildman–Crippen MR) is 73.0 cm³/mol. The van der Waals surface area contributed by atoms with Crippen LogP contribution in [0.25, 0.3) is 0 Å². The standard InChI is InChI=1S/C16H15F3O2/c1-10-9-12(16(17,18)19)5-8-14(10)15(2,21)11-3-6-13(20)7-4-11/h3-9,20-21H,1-2H3. The molecule has 2 N–H and O–H groups in total. The van der Waals surface area contributed by atoms with E-state index in [9.17, 15) is 23.4 Å². The van der Waals surface area contributed by atoms with Crippen LogP contribution in [0.3, 0.4) is 0 Å². The molecule has 0 saturated carbocycles. The number of rotatable bonds is 2. The van der Waals surface area contributed by atoms with Crippen LogP contribution in [-0.4, -0.2) is 10.2 Å². The summed E-state index contributed by atoms with van der Waals surface area (Å²) in [5.41, 5.74) is -0.959. The van der Waals surface area contributed by atoms with Crippen LogP contribution < -0.4 is 0 Å². The quantitative estimate of drug-likeness (QED) is 0.880. The van der Waals surface area contributed by atoms with Gasteiger partial charge in [0.05, 0.1) is 5.56 Å². The lowest BCUT2D eigenvalue weighted by molar-refractivity contribution is -0.137. The van der Waals surface area contributed by atoms with Gasteiger partial charge in [-0.1, -0.05) is 18.2 Å². The largest absolute Gasteiger partial charge is 0.508 e. The van der Waals surface area contributed by atoms with E-state index in [0.29, 0.717) is 16.7 Å². The first-order valence-corrected chi connectivity index (χ1v) is 6.32. The molecule has 0 spiro atoms. The van der Waals surface area contributed by atoms with Crippen molar-refractivity contribution in [1.82, 2.24) is 0 Å². The van der Waals surface area contributed by atoms with E-state index in [0.717, 1.165) is 12.1 Å². The molecule has 0 aliphatic carbocycles. The maximum absolute atomic E-state index is 12.7. The number of aromatic hydroxyl groups is 1. The number of hydrogen-bond donors (Lipinski definition) is 2. The minimum absolute atomic E-state index is 0.0543. The Kier molecular flexibility index (Phi) is 3.72. The molecule has 0 radical (unpaired) electrons. The molecule has 5 heteroatoms. The van der Waals surface area contributed by atoms with Crippen LogP contribution in [0.4, 0.5) is 13.2 Å². The van der Waals surface area contributed by atoms with Gasteiger partial charge in [0.15, 0.2) is 0 Å². The van der Waals surface area contributed by atoms with E-state index in [1.807, 2.05) is 0 Å². The molecule has 0 heterocycles. The Hall–Kier alpha value is -2.01. The third kappa shape index (κ3) is 3.03. The molecule has 21 heavy (non-hydrogen) atoms. The first-order chi connectivity index (χ1) is 9.62. The van der Waals surface area contributed by atoms with Crippen LogP contribution in [0.1, 0.15) is 29.2 Å². The number of benzene rings is 2. The first kappa shape index (κ1) is 15.4. The van der Waals surface area contributed by atoms with Gasteiger partial charge in [-0.15, -0.1) is 0 Å². The molecule has 0 aromatic heterocycles. The molecule has 0 amide bonds. The number of phenols is 1. The predicted octanol–water partition coefficient (Wildman–Crippen LogP) is 3.98. The van der Waals surface area contributed by atoms with Gasteiger partial charge in [0.2, 0.25) is 0 Å². The van der Waals surface area contributed by atoms with Crippen LogP contribution in [0.5, 0.6) is 5.75 Å². The fraction of sp³-hybridized carbons (Fsp3) is 0.250. The molecule has 0 aliphatic rings. The zero-order valence-electron chi connectivity index (χ0n) is 11.6. The first-order valence-electron chi connectivity index (χ1n) is 6.32. The lowest BCUT2D eigenvalue weighted by atomic mass is 9.85. The molecule has 1 atom stereocenters. The monoisotopic (exact) mass is 296 g/mol. The highest BCUT2D eigenvalue weighted by Crippen LogP contribution is 2.36.